The number of amides is 1. The number of nitrogens with zero attached hydrogens (tertiary/aromatic N) is 3. The number of carbonyl (C=O) groups excluding carboxylic acids is 1. The van der Waals surface area contributed by atoms with Crippen LogP contribution >= 0.6 is 22.7 Å². The second kappa shape index (κ2) is 17.2. The van der Waals surface area contributed by atoms with Gasteiger partial charge in [0, 0.05) is 49.6 Å². The normalized spacial score (nSPS) is 17.4. The van der Waals surface area contributed by atoms with Crippen molar-refractivity contribution in [2.24, 2.45) is 5.41 Å². The summed E-state index contributed by atoms with van der Waals surface area (Å²) >= 11 is 2.58. The van der Waals surface area contributed by atoms with Crippen molar-refractivity contribution in [2.75, 3.05) is 52.4 Å². The minimum Gasteiger partial charge on any atom is -0.506 e. The van der Waals surface area contributed by atoms with Gasteiger partial charge in [0.05, 0.1) is 34.6 Å². The monoisotopic (exact) mass is 705 g/mol. The predicted octanol–water partition coefficient (Wildman–Crippen LogP) is 4.79. The molecule has 2 aliphatic heterocycles. The van der Waals surface area contributed by atoms with Crippen LogP contribution in [0.3, 0.4) is 0 Å². The first-order valence-corrected chi connectivity index (χ1v) is 18.5. The molecule has 2 aliphatic rings. The summed E-state index contributed by atoms with van der Waals surface area (Å²) in [5.74, 6) is 0.383. The van der Waals surface area contributed by atoms with Crippen molar-refractivity contribution >= 4 is 45.3 Å². The molecule has 3 aromatic rings. The third kappa shape index (κ3) is 10.1. The smallest absolute Gasteiger partial charge is 0.305 e. The summed E-state index contributed by atoms with van der Waals surface area (Å²) in [6.07, 6.45) is 5.73. The van der Waals surface area contributed by atoms with Crippen LogP contribution in [0.15, 0.2) is 22.3 Å². The summed E-state index contributed by atoms with van der Waals surface area (Å²) in [6.45, 7) is 14.6. The molecule has 1 spiro atoms. The van der Waals surface area contributed by atoms with Crippen molar-refractivity contribution in [3.05, 3.63) is 43.4 Å². The Kier molecular flexibility index (Phi) is 13.6. The number of hydrogen-bond acceptors (Lipinski definition) is 11. The van der Waals surface area contributed by atoms with Crippen LogP contribution in [0.25, 0.3) is 10.2 Å². The number of carboxylic acid groups (broad SMARTS) is 1. The second-order valence-electron chi connectivity index (χ2n) is 13.9. The van der Waals surface area contributed by atoms with Crippen LogP contribution in [0.5, 0.6) is 5.75 Å². The number of piperidine rings is 1. The number of ether oxygens (including phenoxy) is 1. The van der Waals surface area contributed by atoms with E-state index in [1.165, 1.54) is 18.9 Å². The molecule has 1 amide bonds. The maximum atomic E-state index is 13.2. The molecular weight excluding hydrogens is 655 g/mol. The van der Waals surface area contributed by atoms with Gasteiger partial charge in [0.1, 0.15) is 17.0 Å². The zero-order chi connectivity index (χ0) is 34.9. The van der Waals surface area contributed by atoms with Gasteiger partial charge in [-0.25, -0.2) is 4.98 Å². The first-order valence-electron chi connectivity index (χ1n) is 16.8. The fourth-order valence-electron chi connectivity index (χ4n) is 6.48. The minimum atomic E-state index is -0.766. The predicted molar refractivity (Wildman–Crippen MR) is 189 cm³/mol. The number of unbranched alkanes of at least 4 members (excludes halogenated alkanes) is 2. The second-order valence-corrected chi connectivity index (χ2v) is 15.8. The number of likely N-dealkylation sites (tertiary alicyclic amines) is 1. The average molecular weight is 706 g/mol. The molecule has 4 heterocycles. The first-order chi connectivity index (χ1) is 22.9. The molecule has 5 rings (SSSR count). The van der Waals surface area contributed by atoms with Gasteiger partial charge in [-0.3, -0.25) is 14.4 Å². The van der Waals surface area contributed by atoms with E-state index in [-0.39, 0.29) is 34.0 Å². The van der Waals surface area contributed by atoms with Gasteiger partial charge in [-0.15, -0.1) is 11.3 Å². The summed E-state index contributed by atoms with van der Waals surface area (Å²) in [7, 11) is 0. The Morgan fingerprint density at radius 2 is 1.94 bits per heavy atom. The highest BCUT2D eigenvalue weighted by molar-refractivity contribution is 7.16. The van der Waals surface area contributed by atoms with E-state index < -0.39 is 6.10 Å². The molecule has 1 aromatic carbocycles. The van der Waals surface area contributed by atoms with E-state index in [1.807, 2.05) is 10.3 Å². The molecule has 0 aliphatic carbocycles. The number of carbonyl (C=O) groups is 2. The fourth-order valence-corrected chi connectivity index (χ4v) is 8.21. The lowest BCUT2D eigenvalue weighted by molar-refractivity contribution is -0.127. The number of phenols is 1. The first kappa shape index (κ1) is 37.9. The number of phenolic OH excluding ortho intramolecular Hbond substituents is 1. The molecule has 2 aromatic heterocycles. The Balaban J connectivity index is 0.00000167. The van der Waals surface area contributed by atoms with E-state index in [0.29, 0.717) is 53.6 Å². The largest absolute Gasteiger partial charge is 0.506 e. The molecule has 1 atom stereocenters. The van der Waals surface area contributed by atoms with E-state index in [4.69, 9.17) is 14.6 Å². The van der Waals surface area contributed by atoms with Crippen molar-refractivity contribution < 1.29 is 29.6 Å². The topological polar surface area (TPSA) is 168 Å². The van der Waals surface area contributed by atoms with E-state index in [1.54, 1.807) is 17.4 Å². The molecule has 14 heteroatoms. The number of aromatic amines is 1. The molecule has 266 valence electrons. The molecular formula is C34H51N5O7S2. The van der Waals surface area contributed by atoms with Crippen molar-refractivity contribution in [1.82, 2.24) is 25.1 Å². The van der Waals surface area contributed by atoms with Crippen LogP contribution in [-0.2, 0) is 9.53 Å². The van der Waals surface area contributed by atoms with E-state index >= 15 is 0 Å². The Morgan fingerprint density at radius 3 is 2.62 bits per heavy atom. The van der Waals surface area contributed by atoms with Gasteiger partial charge in [-0.2, -0.15) is 0 Å². The van der Waals surface area contributed by atoms with E-state index in [9.17, 15) is 19.8 Å². The lowest BCUT2D eigenvalue weighted by Crippen LogP contribution is -2.58. The maximum absolute atomic E-state index is 13.2. The van der Waals surface area contributed by atoms with Gasteiger partial charge in [0.15, 0.2) is 0 Å². The van der Waals surface area contributed by atoms with Crippen molar-refractivity contribution in [1.29, 1.82) is 0 Å². The van der Waals surface area contributed by atoms with Crippen molar-refractivity contribution in [3.8, 4) is 5.75 Å². The standard InChI is InChI=1S/C33H49N5O5S2.CH2O2/c1-22(2)29-35-24(19-44-29)30(41)38-16-17-43-33(21-38)11-14-37(15-12-33)13-7-5-6-10-32(3,4)20-34-18-26(40)23-8-9-25(39)27-28(23)45-31(42)36-27;2-1-3/h8-9,19,22,26,34,39-40H,5-7,10-18,20-21H2,1-4H3,(H,36,42);1H,(H,2,3). The summed E-state index contributed by atoms with van der Waals surface area (Å²) in [5, 5.41) is 34.0. The number of rotatable bonds is 13. The van der Waals surface area contributed by atoms with Gasteiger partial charge in [-0.05, 0) is 43.7 Å². The minimum absolute atomic E-state index is 0.0170. The molecule has 2 saturated heterocycles. The van der Waals surface area contributed by atoms with Crippen LogP contribution in [0.4, 0.5) is 0 Å². The SMILES string of the molecule is CC(C)c1nc(C(=O)N2CCOC3(CCN(CCCCCC(C)(C)CNCC(O)c4ccc(O)c5[nH]c(=O)sc45)CC3)C2)cs1.O=CO. The number of hydrogen-bond donors (Lipinski definition) is 5. The number of aliphatic hydroxyl groups is 1. The summed E-state index contributed by atoms with van der Waals surface area (Å²) in [6, 6.07) is 3.20. The van der Waals surface area contributed by atoms with Crippen LogP contribution in [0.2, 0.25) is 0 Å². The number of morpholine rings is 1. The van der Waals surface area contributed by atoms with Gasteiger partial charge in [0.25, 0.3) is 12.4 Å². The number of aromatic hydroxyl groups is 1. The lowest BCUT2D eigenvalue weighted by Gasteiger charge is -2.47. The highest BCUT2D eigenvalue weighted by Gasteiger charge is 2.41. The molecule has 5 N–H and O–H groups in total. The van der Waals surface area contributed by atoms with Crippen molar-refractivity contribution in [2.45, 2.75) is 83.8 Å². The zero-order valence-electron chi connectivity index (χ0n) is 28.5. The summed E-state index contributed by atoms with van der Waals surface area (Å²) in [5.41, 5.74) is 1.47. The van der Waals surface area contributed by atoms with Crippen LogP contribution in [0.1, 0.15) is 99.3 Å². The lowest BCUT2D eigenvalue weighted by atomic mass is 9.86. The molecule has 2 fully saturated rings. The number of H-pyrrole nitrogens is 1. The third-order valence-electron chi connectivity index (χ3n) is 9.25. The Bertz CT molecular complexity index is 1540. The number of fused-ring (bicyclic) bond motifs is 1. The van der Waals surface area contributed by atoms with Gasteiger partial charge in [0.2, 0.25) is 0 Å². The highest BCUT2D eigenvalue weighted by atomic mass is 32.1. The molecule has 12 nitrogen and oxygen atoms in total. The van der Waals surface area contributed by atoms with Gasteiger partial charge in [-0.1, -0.05) is 57.9 Å². The third-order valence-corrected chi connectivity index (χ3v) is 11.3. The Labute approximate surface area is 290 Å². The summed E-state index contributed by atoms with van der Waals surface area (Å²) in [4.78, 5) is 44.8. The zero-order valence-corrected chi connectivity index (χ0v) is 30.1. The average Bonchev–Trinajstić information content (AvgIpc) is 3.70. The number of thiazole rings is 2. The Morgan fingerprint density at radius 1 is 1.21 bits per heavy atom. The fraction of sp³-hybridized carbons (Fsp3) is 0.647. The molecule has 0 radical (unpaired) electrons. The van der Waals surface area contributed by atoms with Gasteiger partial charge < -0.3 is 40.2 Å². The Hall–Kier alpha value is -2.88. The highest BCUT2D eigenvalue weighted by Crippen LogP contribution is 2.33. The number of aromatic nitrogens is 2. The van der Waals surface area contributed by atoms with E-state index in [2.05, 4.69) is 47.9 Å². The molecule has 0 bridgehead atoms. The number of benzene rings is 1. The van der Waals surface area contributed by atoms with Crippen LogP contribution in [-0.4, -0.2) is 105 Å². The summed E-state index contributed by atoms with van der Waals surface area (Å²) < 4.78 is 6.91. The van der Waals surface area contributed by atoms with E-state index in [0.717, 1.165) is 68.2 Å². The quantitative estimate of drug-likeness (QED) is 0.123. The van der Waals surface area contributed by atoms with Gasteiger partial charge >= 0.3 is 4.87 Å². The van der Waals surface area contributed by atoms with Crippen molar-refractivity contribution in [3.63, 3.8) is 0 Å². The number of nitrogens with one attached hydrogen (secondary N) is 2. The molecule has 48 heavy (non-hydrogen) atoms. The van der Waals surface area contributed by atoms with Crippen LogP contribution in [0, 0.1) is 5.41 Å². The maximum Gasteiger partial charge on any atom is 0.305 e. The van der Waals surface area contributed by atoms with Crippen LogP contribution < -0.4 is 10.2 Å². The molecule has 0 saturated carbocycles. The number of aliphatic hydroxyl groups excluding tert-OH is 1. The molecule has 1 unspecified atom stereocenters.